The van der Waals surface area contributed by atoms with Gasteiger partial charge in [-0.2, -0.15) is 0 Å². The highest BCUT2D eigenvalue weighted by Gasteiger charge is 1.96. The molecule has 1 unspecified atom stereocenters. The Kier molecular flexibility index (Phi) is 18.0. The minimum atomic E-state index is -0.704. The van der Waals surface area contributed by atoms with Gasteiger partial charge < -0.3 is 5.11 Å². The van der Waals surface area contributed by atoms with Crippen LogP contribution in [0.25, 0.3) is 0 Å². The summed E-state index contributed by atoms with van der Waals surface area (Å²) in [6.07, 6.45) is 28.7. The van der Waals surface area contributed by atoms with Crippen LogP contribution in [-0.4, -0.2) is 11.2 Å². The smallest absolute Gasteiger partial charge is 0.133 e. The van der Waals surface area contributed by atoms with Crippen molar-refractivity contribution in [2.45, 2.75) is 116 Å². The third-order valence-corrected chi connectivity index (χ3v) is 4.64. The van der Waals surface area contributed by atoms with E-state index in [1.807, 2.05) is 6.08 Å². The molecule has 0 heterocycles. The highest BCUT2D eigenvalue weighted by Crippen LogP contribution is 2.14. The highest BCUT2D eigenvalue weighted by molar-refractivity contribution is 5.05. The molecular weight excluding hydrogens is 292 g/mol. The normalized spacial score (nSPS) is 12.8. The zero-order chi connectivity index (χ0) is 17.9. The van der Waals surface area contributed by atoms with Crippen molar-refractivity contribution in [3.63, 3.8) is 0 Å². The average Bonchev–Trinajstić information content (AvgIpc) is 2.57. The Bertz CT molecular complexity index is 310. The first-order valence-electron chi connectivity index (χ1n) is 10.5. The molecule has 0 aromatic heterocycles. The Morgan fingerprint density at radius 1 is 0.750 bits per heavy atom. The summed E-state index contributed by atoms with van der Waals surface area (Å²) < 4.78 is 0. The molecule has 0 saturated carbocycles. The maximum atomic E-state index is 9.17. The molecule has 0 fully saturated rings. The van der Waals surface area contributed by atoms with Crippen LogP contribution in [0.1, 0.15) is 110 Å². The largest absolute Gasteiger partial charge is 0.377 e. The fraction of sp³-hybridized carbons (Fsp3) is 0.826. The van der Waals surface area contributed by atoms with E-state index in [0.29, 0.717) is 0 Å². The van der Waals surface area contributed by atoms with Gasteiger partial charge in [-0.15, -0.1) is 6.42 Å². The summed E-state index contributed by atoms with van der Waals surface area (Å²) in [6.45, 7) is 4.65. The predicted octanol–water partition coefficient (Wildman–Crippen LogP) is 7.04. The van der Waals surface area contributed by atoms with Crippen molar-refractivity contribution in [3.8, 4) is 12.3 Å². The zero-order valence-corrected chi connectivity index (χ0v) is 16.4. The van der Waals surface area contributed by atoms with Gasteiger partial charge in [0.15, 0.2) is 0 Å². The fourth-order valence-corrected chi connectivity index (χ4v) is 3.04. The quantitative estimate of drug-likeness (QED) is 0.172. The lowest BCUT2D eigenvalue weighted by atomic mass is 10.0. The van der Waals surface area contributed by atoms with Crippen LogP contribution in [0.5, 0.6) is 0 Å². The van der Waals surface area contributed by atoms with Crippen LogP contribution < -0.4 is 0 Å². The van der Waals surface area contributed by atoms with Crippen LogP contribution in [0.15, 0.2) is 12.2 Å². The van der Waals surface area contributed by atoms with E-state index in [1.165, 1.54) is 89.9 Å². The van der Waals surface area contributed by atoms with E-state index in [-0.39, 0.29) is 0 Å². The first-order chi connectivity index (χ1) is 11.7. The Morgan fingerprint density at radius 3 is 1.58 bits per heavy atom. The van der Waals surface area contributed by atoms with E-state index in [0.717, 1.165) is 12.3 Å². The van der Waals surface area contributed by atoms with E-state index in [9.17, 15) is 5.11 Å². The molecule has 0 aliphatic carbocycles. The number of rotatable bonds is 17. The number of unbranched alkanes of at least 4 members (excludes halogenated alkanes) is 13. The summed E-state index contributed by atoms with van der Waals surface area (Å²) in [5.74, 6) is 3.17. The summed E-state index contributed by atoms with van der Waals surface area (Å²) in [6, 6.07) is 0. The third-order valence-electron chi connectivity index (χ3n) is 4.64. The van der Waals surface area contributed by atoms with Gasteiger partial charge >= 0.3 is 0 Å². The molecule has 0 aliphatic rings. The monoisotopic (exact) mass is 334 g/mol. The fourth-order valence-electron chi connectivity index (χ4n) is 3.04. The van der Waals surface area contributed by atoms with Crippen LogP contribution in [0.3, 0.4) is 0 Å². The molecule has 0 saturated heterocycles. The van der Waals surface area contributed by atoms with Crippen LogP contribution in [0.2, 0.25) is 0 Å². The molecule has 0 bridgehead atoms. The van der Waals surface area contributed by atoms with Crippen LogP contribution >= 0.6 is 0 Å². The molecule has 140 valence electrons. The van der Waals surface area contributed by atoms with Gasteiger partial charge in [-0.25, -0.2) is 0 Å². The molecule has 0 spiro atoms. The summed E-state index contributed by atoms with van der Waals surface area (Å²) in [4.78, 5) is 0. The minimum Gasteiger partial charge on any atom is -0.377 e. The zero-order valence-electron chi connectivity index (χ0n) is 16.4. The molecule has 24 heavy (non-hydrogen) atoms. The van der Waals surface area contributed by atoms with E-state index < -0.39 is 6.10 Å². The second-order valence-electron chi connectivity index (χ2n) is 7.61. The van der Waals surface area contributed by atoms with E-state index in [2.05, 4.69) is 19.8 Å². The number of hydrogen-bond donors (Lipinski definition) is 1. The molecule has 1 nitrogen and oxygen atoms in total. The molecule has 1 N–H and O–H groups in total. The lowest BCUT2D eigenvalue weighted by Gasteiger charge is -2.04. The summed E-state index contributed by atoms with van der Waals surface area (Å²) in [7, 11) is 0. The van der Waals surface area contributed by atoms with Gasteiger partial charge in [-0.05, 0) is 24.8 Å². The van der Waals surface area contributed by atoms with Crippen molar-refractivity contribution in [2.75, 3.05) is 0 Å². The van der Waals surface area contributed by atoms with Gasteiger partial charge in [0, 0.05) is 0 Å². The summed E-state index contributed by atoms with van der Waals surface area (Å²) in [5.41, 5.74) is 0. The molecule has 0 aromatic rings. The topological polar surface area (TPSA) is 20.2 Å². The second-order valence-corrected chi connectivity index (χ2v) is 7.61. The van der Waals surface area contributed by atoms with Crippen molar-refractivity contribution in [1.82, 2.24) is 0 Å². The molecular formula is C23H42O. The molecule has 1 atom stereocenters. The maximum Gasteiger partial charge on any atom is 0.133 e. The number of hydrogen-bond acceptors (Lipinski definition) is 1. The van der Waals surface area contributed by atoms with Gasteiger partial charge in [0.05, 0.1) is 0 Å². The number of aliphatic hydroxyl groups excluding tert-OH is 1. The Balaban J connectivity index is 3.08. The molecule has 0 aliphatic heterocycles. The van der Waals surface area contributed by atoms with Crippen molar-refractivity contribution in [3.05, 3.63) is 12.2 Å². The van der Waals surface area contributed by atoms with E-state index >= 15 is 0 Å². The van der Waals surface area contributed by atoms with Gasteiger partial charge in [0.25, 0.3) is 0 Å². The second kappa shape index (κ2) is 18.6. The number of allylic oxidation sites excluding steroid dienone is 1. The van der Waals surface area contributed by atoms with Gasteiger partial charge in [-0.3, -0.25) is 0 Å². The predicted molar refractivity (Wildman–Crippen MR) is 108 cm³/mol. The molecule has 0 aromatic carbocycles. The van der Waals surface area contributed by atoms with E-state index in [1.54, 1.807) is 6.08 Å². The van der Waals surface area contributed by atoms with Crippen LogP contribution in [0, 0.1) is 18.3 Å². The SMILES string of the molecule is C#CC(O)C=CCCCCCCCCCCCCCCCC(C)C. The van der Waals surface area contributed by atoms with Crippen molar-refractivity contribution >= 4 is 0 Å². The Morgan fingerprint density at radius 2 is 1.17 bits per heavy atom. The van der Waals surface area contributed by atoms with Crippen molar-refractivity contribution in [2.24, 2.45) is 5.92 Å². The Hall–Kier alpha value is -0.740. The van der Waals surface area contributed by atoms with Crippen molar-refractivity contribution in [1.29, 1.82) is 0 Å². The molecule has 0 amide bonds. The lowest BCUT2D eigenvalue weighted by Crippen LogP contribution is -1.95. The average molecular weight is 335 g/mol. The van der Waals surface area contributed by atoms with Crippen LogP contribution in [0.4, 0.5) is 0 Å². The van der Waals surface area contributed by atoms with Crippen molar-refractivity contribution < 1.29 is 5.11 Å². The molecule has 0 radical (unpaired) electrons. The van der Waals surface area contributed by atoms with Gasteiger partial charge in [0.2, 0.25) is 0 Å². The number of aliphatic hydroxyl groups is 1. The van der Waals surface area contributed by atoms with Crippen LogP contribution in [-0.2, 0) is 0 Å². The summed E-state index contributed by atoms with van der Waals surface area (Å²) >= 11 is 0. The molecule has 0 rings (SSSR count). The summed E-state index contributed by atoms with van der Waals surface area (Å²) in [5, 5.41) is 9.17. The maximum absolute atomic E-state index is 9.17. The first kappa shape index (κ1) is 23.3. The minimum absolute atomic E-state index is 0.704. The molecule has 1 heteroatoms. The standard InChI is InChI=1S/C23H42O/c1-4-23(24)21-19-17-15-13-11-9-7-5-6-8-10-12-14-16-18-20-22(2)3/h1,19,21-24H,5-18,20H2,2-3H3. The third kappa shape index (κ3) is 19.3. The number of terminal acetylenes is 1. The van der Waals surface area contributed by atoms with E-state index in [4.69, 9.17) is 6.42 Å². The first-order valence-corrected chi connectivity index (χ1v) is 10.5. The lowest BCUT2D eigenvalue weighted by molar-refractivity contribution is 0.280. The highest BCUT2D eigenvalue weighted by atomic mass is 16.3. The van der Waals surface area contributed by atoms with Gasteiger partial charge in [0.1, 0.15) is 6.10 Å². The Labute approximate surface area is 152 Å². The van der Waals surface area contributed by atoms with Gasteiger partial charge in [-0.1, -0.05) is 109 Å².